The lowest BCUT2D eigenvalue weighted by Crippen LogP contribution is -2.48. The van der Waals surface area contributed by atoms with E-state index in [2.05, 4.69) is 26.4 Å². The molecule has 0 aromatic carbocycles. The quantitative estimate of drug-likeness (QED) is 0.763. The Bertz CT molecular complexity index is 1100. The molecule has 1 fully saturated rings. The fourth-order valence-corrected chi connectivity index (χ4v) is 5.41. The Morgan fingerprint density at radius 3 is 2.84 bits per heavy atom. The number of pyridine rings is 1. The first-order valence-electron chi connectivity index (χ1n) is 11.3. The molecule has 2 aromatic rings. The van der Waals surface area contributed by atoms with Gasteiger partial charge in [0.2, 0.25) is 5.95 Å². The van der Waals surface area contributed by atoms with Gasteiger partial charge in [-0.1, -0.05) is 11.6 Å². The predicted molar refractivity (Wildman–Crippen MR) is 118 cm³/mol. The zero-order chi connectivity index (χ0) is 21.5. The monoisotopic (exact) mass is 422 g/mol. The minimum atomic E-state index is -0.265. The summed E-state index contributed by atoms with van der Waals surface area (Å²) in [7, 11) is 1.92. The van der Waals surface area contributed by atoms with Crippen molar-refractivity contribution in [3.05, 3.63) is 51.2 Å². The number of fused-ring (bicyclic) bond motifs is 4. The first kappa shape index (κ1) is 20.0. The van der Waals surface area contributed by atoms with Crippen LogP contribution < -0.4 is 15.8 Å². The number of carbonyl (C=O) groups is 1. The SMILES string of the molecule is Cc1nc(N2C[C@@H]3C[C@H](C2)c2ccc(C(=O)NCC4=CCCCC4)c(=O)n2C3)n(C)n1. The summed E-state index contributed by atoms with van der Waals surface area (Å²) >= 11 is 0. The van der Waals surface area contributed by atoms with Crippen molar-refractivity contribution in [3.63, 3.8) is 0 Å². The highest BCUT2D eigenvalue weighted by atomic mass is 16.2. The van der Waals surface area contributed by atoms with E-state index in [4.69, 9.17) is 0 Å². The number of rotatable bonds is 4. The van der Waals surface area contributed by atoms with Crippen molar-refractivity contribution in [1.82, 2.24) is 24.6 Å². The van der Waals surface area contributed by atoms with Crippen LogP contribution in [0.3, 0.4) is 0 Å². The number of hydrogen-bond donors (Lipinski definition) is 1. The summed E-state index contributed by atoms with van der Waals surface area (Å²) in [6.07, 6.45) is 7.80. The van der Waals surface area contributed by atoms with Gasteiger partial charge in [-0.3, -0.25) is 9.59 Å². The normalized spacial score (nSPS) is 22.6. The molecule has 1 amide bonds. The molecule has 0 spiro atoms. The van der Waals surface area contributed by atoms with Crippen molar-refractivity contribution in [3.8, 4) is 0 Å². The van der Waals surface area contributed by atoms with Crippen molar-refractivity contribution >= 4 is 11.9 Å². The molecule has 1 saturated heterocycles. The summed E-state index contributed by atoms with van der Waals surface area (Å²) in [6.45, 7) is 4.74. The summed E-state index contributed by atoms with van der Waals surface area (Å²) in [6, 6.07) is 3.69. The number of aryl methyl sites for hydroxylation is 2. The molecule has 4 heterocycles. The Balaban J connectivity index is 1.35. The number of anilines is 1. The average molecular weight is 423 g/mol. The second-order valence-electron chi connectivity index (χ2n) is 9.16. The van der Waals surface area contributed by atoms with Crippen LogP contribution in [0.2, 0.25) is 0 Å². The van der Waals surface area contributed by atoms with E-state index in [0.717, 1.165) is 49.8 Å². The topological polar surface area (TPSA) is 85.0 Å². The van der Waals surface area contributed by atoms with Crippen LogP contribution in [-0.4, -0.2) is 44.9 Å². The maximum atomic E-state index is 13.2. The van der Waals surface area contributed by atoms with Gasteiger partial charge in [-0.05, 0) is 57.1 Å². The number of hydrogen-bond acceptors (Lipinski definition) is 5. The molecule has 1 aliphatic carbocycles. The molecule has 2 bridgehead atoms. The Morgan fingerprint density at radius 2 is 2.10 bits per heavy atom. The second kappa shape index (κ2) is 7.98. The van der Waals surface area contributed by atoms with Crippen LogP contribution >= 0.6 is 0 Å². The fourth-order valence-electron chi connectivity index (χ4n) is 5.41. The minimum Gasteiger partial charge on any atom is -0.348 e. The van der Waals surface area contributed by atoms with Gasteiger partial charge in [0, 0.05) is 44.8 Å². The summed E-state index contributed by atoms with van der Waals surface area (Å²) in [5, 5.41) is 7.34. The van der Waals surface area contributed by atoms with Crippen molar-refractivity contribution in [1.29, 1.82) is 0 Å². The summed E-state index contributed by atoms with van der Waals surface area (Å²) < 4.78 is 3.67. The third-order valence-corrected chi connectivity index (χ3v) is 6.84. The Morgan fingerprint density at radius 1 is 1.23 bits per heavy atom. The number of nitrogens with one attached hydrogen (secondary N) is 1. The lowest BCUT2D eigenvalue weighted by molar-refractivity contribution is 0.0953. The zero-order valence-corrected chi connectivity index (χ0v) is 18.3. The van der Waals surface area contributed by atoms with Gasteiger partial charge in [-0.25, -0.2) is 4.68 Å². The molecule has 2 aliphatic heterocycles. The number of aromatic nitrogens is 4. The number of amides is 1. The van der Waals surface area contributed by atoms with E-state index in [1.54, 1.807) is 6.07 Å². The van der Waals surface area contributed by atoms with Crippen molar-refractivity contribution in [2.45, 2.75) is 51.5 Å². The Labute approximate surface area is 182 Å². The molecule has 3 aliphatic rings. The molecular weight excluding hydrogens is 392 g/mol. The standard InChI is InChI=1S/C23H30N6O2/c1-15-25-23(27(2)26-15)28-12-17-10-18(14-28)20-9-8-19(22(31)29(20)13-17)21(30)24-11-16-6-4-3-5-7-16/h6,8-9,17-18H,3-5,7,10-14H2,1-2H3,(H,24,30)/t17-,18+/m0/s1. The summed E-state index contributed by atoms with van der Waals surface area (Å²) in [5.74, 6) is 1.99. The van der Waals surface area contributed by atoms with Gasteiger partial charge in [-0.2, -0.15) is 10.1 Å². The van der Waals surface area contributed by atoms with Gasteiger partial charge in [0.15, 0.2) is 0 Å². The van der Waals surface area contributed by atoms with Gasteiger partial charge in [0.05, 0.1) is 0 Å². The van der Waals surface area contributed by atoms with Crippen molar-refractivity contribution < 1.29 is 4.79 Å². The fraction of sp³-hybridized carbons (Fsp3) is 0.565. The third kappa shape index (κ3) is 3.79. The van der Waals surface area contributed by atoms with Gasteiger partial charge < -0.3 is 14.8 Å². The first-order chi connectivity index (χ1) is 15.0. The van der Waals surface area contributed by atoms with E-state index in [-0.39, 0.29) is 22.9 Å². The maximum absolute atomic E-state index is 13.2. The molecule has 0 unspecified atom stereocenters. The lowest BCUT2D eigenvalue weighted by Gasteiger charge is -2.43. The molecule has 5 rings (SSSR count). The van der Waals surface area contributed by atoms with Crippen LogP contribution in [0.1, 0.15) is 59.9 Å². The smallest absolute Gasteiger partial charge is 0.263 e. The predicted octanol–water partition coefficient (Wildman–Crippen LogP) is 2.14. The highest BCUT2D eigenvalue weighted by molar-refractivity contribution is 5.94. The van der Waals surface area contributed by atoms with E-state index < -0.39 is 0 Å². The van der Waals surface area contributed by atoms with Crippen LogP contribution in [-0.2, 0) is 13.6 Å². The van der Waals surface area contributed by atoms with E-state index >= 15 is 0 Å². The van der Waals surface area contributed by atoms with Gasteiger partial charge in [-0.15, -0.1) is 0 Å². The Hall–Kier alpha value is -2.90. The molecule has 2 atom stereocenters. The van der Waals surface area contributed by atoms with Gasteiger partial charge in [0.25, 0.3) is 11.5 Å². The van der Waals surface area contributed by atoms with Crippen molar-refractivity contribution in [2.75, 3.05) is 24.5 Å². The van der Waals surface area contributed by atoms with Crippen LogP contribution in [0, 0.1) is 12.8 Å². The molecule has 2 aromatic heterocycles. The zero-order valence-electron chi connectivity index (χ0n) is 18.3. The molecule has 1 N–H and O–H groups in total. The van der Waals surface area contributed by atoms with Crippen LogP contribution in [0.4, 0.5) is 5.95 Å². The molecule has 8 heteroatoms. The molecule has 164 valence electrons. The van der Waals surface area contributed by atoms with Gasteiger partial charge in [0.1, 0.15) is 11.4 Å². The van der Waals surface area contributed by atoms with E-state index in [0.29, 0.717) is 19.0 Å². The number of carbonyl (C=O) groups excluding carboxylic acids is 1. The largest absolute Gasteiger partial charge is 0.348 e. The maximum Gasteiger partial charge on any atom is 0.263 e. The third-order valence-electron chi connectivity index (χ3n) is 6.84. The summed E-state index contributed by atoms with van der Waals surface area (Å²) in [4.78, 5) is 32.8. The molecule has 0 radical (unpaired) electrons. The number of piperidine rings is 1. The molecular formula is C23H30N6O2. The van der Waals surface area contributed by atoms with Crippen LogP contribution in [0.15, 0.2) is 28.6 Å². The average Bonchev–Trinajstić information content (AvgIpc) is 3.11. The minimum absolute atomic E-state index is 0.162. The lowest BCUT2D eigenvalue weighted by atomic mass is 9.83. The molecule has 0 saturated carbocycles. The number of nitrogens with zero attached hydrogens (tertiary/aromatic N) is 5. The van der Waals surface area contributed by atoms with Crippen LogP contribution in [0.5, 0.6) is 0 Å². The molecule has 31 heavy (non-hydrogen) atoms. The molecule has 8 nitrogen and oxygen atoms in total. The Kier molecular flexibility index (Phi) is 5.16. The number of allylic oxidation sites excluding steroid dienone is 1. The van der Waals surface area contributed by atoms with E-state index in [9.17, 15) is 9.59 Å². The second-order valence-corrected chi connectivity index (χ2v) is 9.16. The van der Waals surface area contributed by atoms with E-state index in [1.807, 2.05) is 29.3 Å². The highest BCUT2D eigenvalue weighted by Crippen LogP contribution is 2.36. The highest BCUT2D eigenvalue weighted by Gasteiger charge is 2.36. The van der Waals surface area contributed by atoms with Crippen molar-refractivity contribution in [2.24, 2.45) is 13.0 Å². The van der Waals surface area contributed by atoms with E-state index in [1.165, 1.54) is 18.4 Å². The van der Waals surface area contributed by atoms with Gasteiger partial charge >= 0.3 is 0 Å². The van der Waals surface area contributed by atoms with Crippen LogP contribution in [0.25, 0.3) is 0 Å². The summed E-state index contributed by atoms with van der Waals surface area (Å²) in [5.41, 5.74) is 2.38. The first-order valence-corrected chi connectivity index (χ1v) is 11.3.